The van der Waals surface area contributed by atoms with Crippen molar-refractivity contribution >= 4 is 22.7 Å². The van der Waals surface area contributed by atoms with Gasteiger partial charge in [0, 0.05) is 29.4 Å². The molecular weight excluding hydrogens is 336 g/mol. The minimum atomic E-state index is 0.241. The maximum atomic E-state index is 5.41. The minimum absolute atomic E-state index is 0.241. The summed E-state index contributed by atoms with van der Waals surface area (Å²) in [6, 6.07) is 8.74. The fourth-order valence-corrected chi connectivity index (χ4v) is 4.25. The Balaban J connectivity index is 1.75. The first-order valence-corrected chi connectivity index (χ1v) is 9.73. The predicted octanol–water partition coefficient (Wildman–Crippen LogP) is 4.90. The molecule has 0 aliphatic rings. The van der Waals surface area contributed by atoms with Crippen LogP contribution in [0.5, 0.6) is 5.75 Å². The van der Waals surface area contributed by atoms with Gasteiger partial charge >= 0.3 is 0 Å². The van der Waals surface area contributed by atoms with Crippen molar-refractivity contribution in [1.82, 2.24) is 10.3 Å². The maximum Gasteiger partial charge on any atom is 0.122 e. The van der Waals surface area contributed by atoms with Gasteiger partial charge in [-0.2, -0.15) is 0 Å². The second-order valence-corrected chi connectivity index (χ2v) is 7.72. The lowest BCUT2D eigenvalue weighted by Crippen LogP contribution is -2.23. The van der Waals surface area contributed by atoms with Crippen molar-refractivity contribution in [2.24, 2.45) is 0 Å². The van der Waals surface area contributed by atoms with Gasteiger partial charge in [-0.3, -0.25) is 0 Å². The van der Waals surface area contributed by atoms with Gasteiger partial charge in [0.05, 0.1) is 13.2 Å². The number of aromatic nitrogens is 1. The summed E-state index contributed by atoms with van der Waals surface area (Å²) in [5.41, 5.74) is 3.80. The summed E-state index contributed by atoms with van der Waals surface area (Å²) in [7, 11) is 1.72. The first-order chi connectivity index (χ1) is 11.7. The third-order valence-corrected chi connectivity index (χ3v) is 6.13. The maximum absolute atomic E-state index is 5.41. The van der Waals surface area contributed by atoms with Crippen LogP contribution in [-0.4, -0.2) is 12.1 Å². The monoisotopic (exact) mass is 358 g/mol. The lowest BCUT2D eigenvalue weighted by Gasteiger charge is -2.18. The van der Waals surface area contributed by atoms with E-state index in [1.54, 1.807) is 29.8 Å². The molecule has 3 nitrogen and oxygen atoms in total. The highest BCUT2D eigenvalue weighted by Gasteiger charge is 2.16. The van der Waals surface area contributed by atoms with Crippen LogP contribution in [0.2, 0.25) is 0 Å². The molecule has 126 valence electrons. The van der Waals surface area contributed by atoms with E-state index in [1.807, 2.05) is 11.6 Å². The Kier molecular flexibility index (Phi) is 5.66. The van der Waals surface area contributed by atoms with Gasteiger partial charge in [0.25, 0.3) is 0 Å². The third kappa shape index (κ3) is 3.86. The molecule has 2 heterocycles. The summed E-state index contributed by atoms with van der Waals surface area (Å²) >= 11 is 3.51. The molecular formula is C19H22N2OS2. The van der Waals surface area contributed by atoms with E-state index in [4.69, 9.17) is 4.74 Å². The second kappa shape index (κ2) is 7.92. The fourth-order valence-electron chi connectivity index (χ4n) is 2.78. The molecule has 1 atom stereocenters. The Morgan fingerprint density at radius 3 is 2.67 bits per heavy atom. The number of hydrogen-bond donors (Lipinski definition) is 1. The molecule has 2 aromatic heterocycles. The fraction of sp³-hybridized carbons (Fsp3) is 0.316. The minimum Gasteiger partial charge on any atom is -0.496 e. The van der Waals surface area contributed by atoms with Crippen molar-refractivity contribution in [2.45, 2.75) is 32.9 Å². The molecule has 0 saturated heterocycles. The molecule has 0 saturated carbocycles. The van der Waals surface area contributed by atoms with E-state index in [2.05, 4.69) is 53.8 Å². The number of rotatable bonds is 7. The van der Waals surface area contributed by atoms with Crippen LogP contribution in [0.25, 0.3) is 0 Å². The number of thiophene rings is 1. The highest BCUT2D eigenvalue weighted by molar-refractivity contribution is 7.10. The van der Waals surface area contributed by atoms with E-state index in [9.17, 15) is 0 Å². The molecule has 0 aliphatic carbocycles. The zero-order valence-corrected chi connectivity index (χ0v) is 15.8. The van der Waals surface area contributed by atoms with Gasteiger partial charge < -0.3 is 10.1 Å². The van der Waals surface area contributed by atoms with Crippen molar-refractivity contribution in [3.05, 3.63) is 67.8 Å². The van der Waals surface area contributed by atoms with E-state index in [-0.39, 0.29) is 6.04 Å². The summed E-state index contributed by atoms with van der Waals surface area (Å²) in [5.74, 6) is 0.950. The number of nitrogens with zero attached hydrogens (tertiary/aromatic N) is 1. The highest BCUT2D eigenvalue weighted by Crippen LogP contribution is 2.26. The average Bonchev–Trinajstić information content (AvgIpc) is 3.28. The van der Waals surface area contributed by atoms with E-state index in [0.29, 0.717) is 0 Å². The summed E-state index contributed by atoms with van der Waals surface area (Å²) in [5, 5.41) is 9.01. The highest BCUT2D eigenvalue weighted by atomic mass is 32.1. The molecule has 0 radical (unpaired) electrons. The van der Waals surface area contributed by atoms with Crippen LogP contribution in [0.1, 0.15) is 32.6 Å². The van der Waals surface area contributed by atoms with Gasteiger partial charge in [0.15, 0.2) is 0 Å². The van der Waals surface area contributed by atoms with Crippen LogP contribution in [0.15, 0.2) is 41.2 Å². The van der Waals surface area contributed by atoms with Gasteiger partial charge in [-0.05, 0) is 48.1 Å². The Labute approximate surface area is 151 Å². The lowest BCUT2D eigenvalue weighted by atomic mass is 10.0. The quantitative estimate of drug-likeness (QED) is 0.652. The molecule has 0 spiro atoms. The van der Waals surface area contributed by atoms with E-state index < -0.39 is 0 Å². The van der Waals surface area contributed by atoms with Crippen LogP contribution in [0, 0.1) is 13.8 Å². The molecule has 3 rings (SSSR count). The van der Waals surface area contributed by atoms with E-state index >= 15 is 0 Å². The number of nitrogens with one attached hydrogen (secondary N) is 1. The van der Waals surface area contributed by atoms with Crippen LogP contribution in [-0.2, 0) is 13.0 Å². The zero-order valence-electron chi connectivity index (χ0n) is 14.2. The SMILES string of the molecule is COc1ccc(CN[C@@H](Cc2cccs2)c2nccs2)c(C)c1C. The van der Waals surface area contributed by atoms with E-state index in [0.717, 1.165) is 23.7 Å². The standard InChI is InChI=1S/C19H22N2OS2/c1-13-14(2)18(22-3)7-6-15(13)12-21-17(19-20-8-10-24-19)11-16-5-4-9-23-16/h4-10,17,21H,11-12H2,1-3H3/t17-/m0/s1. The molecule has 1 aromatic carbocycles. The zero-order chi connectivity index (χ0) is 16.9. The molecule has 0 bridgehead atoms. The normalized spacial score (nSPS) is 12.3. The second-order valence-electron chi connectivity index (χ2n) is 5.76. The first kappa shape index (κ1) is 17.1. The number of ether oxygens (including phenoxy) is 1. The number of benzene rings is 1. The predicted molar refractivity (Wildman–Crippen MR) is 102 cm³/mol. The third-order valence-electron chi connectivity index (χ3n) is 4.34. The Bertz CT molecular complexity index is 767. The van der Waals surface area contributed by atoms with Crippen molar-refractivity contribution in [3.8, 4) is 5.75 Å². The average molecular weight is 359 g/mol. The van der Waals surface area contributed by atoms with Crippen LogP contribution in [0.4, 0.5) is 0 Å². The molecule has 0 unspecified atom stereocenters. The van der Waals surface area contributed by atoms with Crippen molar-refractivity contribution in [3.63, 3.8) is 0 Å². The van der Waals surface area contributed by atoms with Gasteiger partial charge in [0.2, 0.25) is 0 Å². The molecule has 0 amide bonds. The Morgan fingerprint density at radius 1 is 1.12 bits per heavy atom. The van der Waals surface area contributed by atoms with Crippen LogP contribution < -0.4 is 10.1 Å². The van der Waals surface area contributed by atoms with Crippen LogP contribution in [0.3, 0.4) is 0 Å². The summed E-state index contributed by atoms with van der Waals surface area (Å²) in [6.07, 6.45) is 2.85. The lowest BCUT2D eigenvalue weighted by molar-refractivity contribution is 0.411. The van der Waals surface area contributed by atoms with Gasteiger partial charge in [-0.25, -0.2) is 4.98 Å². The van der Waals surface area contributed by atoms with Gasteiger partial charge in [-0.15, -0.1) is 22.7 Å². The molecule has 1 N–H and O–H groups in total. The van der Waals surface area contributed by atoms with Gasteiger partial charge in [0.1, 0.15) is 10.8 Å². The molecule has 0 fully saturated rings. The number of thiazole rings is 1. The Morgan fingerprint density at radius 2 is 2.00 bits per heavy atom. The number of methoxy groups -OCH3 is 1. The van der Waals surface area contributed by atoms with Gasteiger partial charge in [-0.1, -0.05) is 12.1 Å². The Hall–Kier alpha value is -1.69. The molecule has 3 aromatic rings. The summed E-state index contributed by atoms with van der Waals surface area (Å²) in [4.78, 5) is 5.90. The van der Waals surface area contributed by atoms with Crippen molar-refractivity contribution in [1.29, 1.82) is 0 Å². The largest absolute Gasteiger partial charge is 0.496 e. The van der Waals surface area contributed by atoms with Crippen molar-refractivity contribution < 1.29 is 4.74 Å². The smallest absolute Gasteiger partial charge is 0.122 e. The summed E-state index contributed by atoms with van der Waals surface area (Å²) < 4.78 is 5.41. The summed E-state index contributed by atoms with van der Waals surface area (Å²) in [6.45, 7) is 5.10. The topological polar surface area (TPSA) is 34.1 Å². The number of hydrogen-bond acceptors (Lipinski definition) is 5. The molecule has 24 heavy (non-hydrogen) atoms. The molecule has 0 aliphatic heterocycles. The van der Waals surface area contributed by atoms with Crippen molar-refractivity contribution in [2.75, 3.05) is 7.11 Å². The van der Waals surface area contributed by atoms with Crippen LogP contribution >= 0.6 is 22.7 Å². The molecule has 5 heteroatoms. The van der Waals surface area contributed by atoms with E-state index in [1.165, 1.54) is 21.6 Å². The first-order valence-electron chi connectivity index (χ1n) is 7.97.